The van der Waals surface area contributed by atoms with Gasteiger partial charge in [-0.3, -0.25) is 4.79 Å². The quantitative estimate of drug-likeness (QED) is 0.149. The molecule has 228 valence electrons. The Morgan fingerprint density at radius 2 is 1.81 bits per heavy atom. The van der Waals surface area contributed by atoms with E-state index in [2.05, 4.69) is 47.3 Å². The number of morpholine rings is 1. The Bertz CT molecular complexity index is 1410. The second kappa shape index (κ2) is 14.3. The minimum Gasteiger partial charge on any atom is -0.357 e. The average Bonchev–Trinajstić information content (AvgIpc) is 3.84. The van der Waals surface area contributed by atoms with E-state index in [1.165, 1.54) is 11.6 Å². The number of halogens is 2. The summed E-state index contributed by atoms with van der Waals surface area (Å²) in [6.45, 7) is 8.77. The molecule has 3 aromatic carbocycles. The number of allylic oxidation sites excluding steroid dienone is 1. The van der Waals surface area contributed by atoms with Gasteiger partial charge < -0.3 is 13.9 Å². The zero-order chi connectivity index (χ0) is 30.5. The Labute approximate surface area is 265 Å². The van der Waals surface area contributed by atoms with Crippen LogP contribution in [0.2, 0.25) is 5.02 Å². The summed E-state index contributed by atoms with van der Waals surface area (Å²) in [7, 11) is 0. The van der Waals surface area contributed by atoms with Crippen molar-refractivity contribution in [1.82, 2.24) is 4.90 Å². The van der Waals surface area contributed by atoms with Crippen LogP contribution in [0.1, 0.15) is 75.8 Å². The Kier molecular flexibility index (Phi) is 10.5. The molecule has 1 heterocycles. The lowest BCUT2D eigenvalue weighted by molar-refractivity contribution is -0.183. The lowest BCUT2D eigenvalue weighted by atomic mass is 9.87. The van der Waals surface area contributed by atoms with E-state index in [9.17, 15) is 4.79 Å². The van der Waals surface area contributed by atoms with E-state index < -0.39 is 12.2 Å². The van der Waals surface area contributed by atoms with E-state index in [0.717, 1.165) is 30.4 Å². The van der Waals surface area contributed by atoms with Gasteiger partial charge in [-0.05, 0) is 85.5 Å². The van der Waals surface area contributed by atoms with Gasteiger partial charge in [-0.1, -0.05) is 93.1 Å². The van der Waals surface area contributed by atoms with E-state index in [0.29, 0.717) is 28.9 Å². The van der Waals surface area contributed by atoms with E-state index in [1.807, 2.05) is 62.4 Å². The monoisotopic (exact) mass is 620 g/mol. The molecule has 2 aliphatic rings. The fourth-order valence-electron chi connectivity index (χ4n) is 5.94. The van der Waals surface area contributed by atoms with E-state index in [4.69, 9.17) is 16.3 Å². The van der Waals surface area contributed by atoms with Gasteiger partial charge in [0.25, 0.3) is 5.91 Å². The van der Waals surface area contributed by atoms with Gasteiger partial charge in [0.2, 0.25) is 0 Å². The van der Waals surface area contributed by atoms with E-state index in [-0.39, 0.29) is 29.7 Å². The van der Waals surface area contributed by atoms with Crippen LogP contribution in [0.4, 0.5) is 10.1 Å². The van der Waals surface area contributed by atoms with Crippen LogP contribution < -0.4 is 4.31 Å². The zero-order valence-corrected chi connectivity index (χ0v) is 27.0. The summed E-state index contributed by atoms with van der Waals surface area (Å²) in [5, 5.41) is 1.11. The fourth-order valence-corrected chi connectivity index (χ4v) is 7.29. The third kappa shape index (κ3) is 7.30. The second-order valence-electron chi connectivity index (χ2n) is 11.6. The molecular formula is C36H42ClFN2O2S. The van der Waals surface area contributed by atoms with Crippen molar-refractivity contribution in [2.75, 3.05) is 10.8 Å². The molecule has 0 N–H and O–H groups in total. The van der Waals surface area contributed by atoms with Crippen molar-refractivity contribution in [3.8, 4) is 0 Å². The van der Waals surface area contributed by atoms with Crippen LogP contribution in [0.5, 0.6) is 0 Å². The van der Waals surface area contributed by atoms with E-state index in [1.54, 1.807) is 18.0 Å². The summed E-state index contributed by atoms with van der Waals surface area (Å²) in [6, 6.07) is 22.6. The lowest BCUT2D eigenvalue weighted by Crippen LogP contribution is -2.58. The molecule has 7 heteroatoms. The average molecular weight is 621 g/mol. The highest BCUT2D eigenvalue weighted by Gasteiger charge is 2.48. The Hall–Kier alpha value is -2.80. The molecule has 1 saturated carbocycles. The molecule has 1 saturated heterocycles. The topological polar surface area (TPSA) is 32.8 Å². The number of nitrogens with zero attached hydrogens (tertiary/aromatic N) is 2. The maximum Gasteiger partial charge on any atom is 0.253 e. The van der Waals surface area contributed by atoms with Crippen molar-refractivity contribution in [3.05, 3.63) is 112 Å². The van der Waals surface area contributed by atoms with Crippen LogP contribution in [0.3, 0.4) is 0 Å². The Morgan fingerprint density at radius 3 is 2.47 bits per heavy atom. The molecule has 3 aromatic rings. The number of carbonyl (C=O) groups is 1. The first kappa shape index (κ1) is 31.6. The number of hydrogen-bond acceptors (Lipinski definition) is 4. The first-order valence-corrected chi connectivity index (χ1v) is 16.7. The van der Waals surface area contributed by atoms with Crippen LogP contribution in [0.25, 0.3) is 0 Å². The summed E-state index contributed by atoms with van der Waals surface area (Å²) < 4.78 is 24.1. The molecule has 5 atom stereocenters. The van der Waals surface area contributed by atoms with Crippen molar-refractivity contribution in [1.29, 1.82) is 0 Å². The molecular weight excluding hydrogens is 579 g/mol. The second-order valence-corrected chi connectivity index (χ2v) is 13.3. The number of ether oxygens (including phenoxy) is 1. The summed E-state index contributed by atoms with van der Waals surface area (Å²) in [4.78, 5) is 16.7. The molecule has 5 rings (SSSR count). The van der Waals surface area contributed by atoms with Gasteiger partial charge in [-0.15, -0.1) is 0 Å². The predicted molar refractivity (Wildman–Crippen MR) is 177 cm³/mol. The van der Waals surface area contributed by atoms with Crippen LogP contribution in [-0.4, -0.2) is 34.7 Å². The summed E-state index contributed by atoms with van der Waals surface area (Å²) >= 11 is 8.04. The molecule has 5 unspecified atom stereocenters. The van der Waals surface area contributed by atoms with Gasteiger partial charge >= 0.3 is 0 Å². The smallest absolute Gasteiger partial charge is 0.253 e. The first-order valence-electron chi connectivity index (χ1n) is 15.5. The molecule has 0 spiro atoms. The van der Waals surface area contributed by atoms with Crippen LogP contribution in [0.15, 0.2) is 84.9 Å². The van der Waals surface area contributed by atoms with Crippen LogP contribution >= 0.6 is 23.5 Å². The highest BCUT2D eigenvalue weighted by atomic mass is 35.5. The third-order valence-electron chi connectivity index (χ3n) is 8.41. The highest BCUT2D eigenvalue weighted by molar-refractivity contribution is 8.01. The molecule has 1 aliphatic carbocycles. The number of anilines is 1. The number of amides is 1. The van der Waals surface area contributed by atoms with Crippen molar-refractivity contribution in [3.63, 3.8) is 0 Å². The number of benzene rings is 3. The Balaban J connectivity index is 1.63. The van der Waals surface area contributed by atoms with E-state index >= 15 is 4.39 Å². The molecule has 1 amide bonds. The Morgan fingerprint density at radius 1 is 1.07 bits per heavy atom. The normalized spacial score (nSPS) is 22.1. The van der Waals surface area contributed by atoms with Gasteiger partial charge in [0.05, 0.1) is 24.3 Å². The summed E-state index contributed by atoms with van der Waals surface area (Å²) in [5.41, 5.74) is 3.79. The van der Waals surface area contributed by atoms with Crippen molar-refractivity contribution < 1.29 is 13.9 Å². The predicted octanol–water partition coefficient (Wildman–Crippen LogP) is 9.36. The standard InChI is InChI=1S/C36H42ClFN2O2S/c1-5-11-24(4)34-36(41)40(29(7-3)23-39(43-30-20-21-30)32-15-9-8-14-31(32)38)33(26-16-18-28(37)19-17-26)35(42-34)27-13-10-12-25(6-2)22-27/h5,8-19,22,24,29-30,33-35H,6-7,20-21,23H2,1-4H3. The largest absolute Gasteiger partial charge is 0.357 e. The fraction of sp³-hybridized carbons (Fsp3) is 0.417. The molecule has 0 aromatic heterocycles. The van der Waals surface area contributed by atoms with Gasteiger partial charge in [-0.2, -0.15) is 0 Å². The summed E-state index contributed by atoms with van der Waals surface area (Å²) in [5.74, 6) is -0.406. The van der Waals surface area contributed by atoms with Crippen LogP contribution in [-0.2, 0) is 16.0 Å². The number of aryl methyl sites for hydroxylation is 1. The zero-order valence-electron chi connectivity index (χ0n) is 25.5. The maximum absolute atomic E-state index is 15.2. The molecule has 43 heavy (non-hydrogen) atoms. The van der Waals surface area contributed by atoms with Crippen LogP contribution in [0, 0.1) is 11.7 Å². The van der Waals surface area contributed by atoms with Crippen molar-refractivity contribution in [2.45, 2.75) is 82.9 Å². The number of hydrogen-bond donors (Lipinski definition) is 0. The third-order valence-corrected chi connectivity index (χ3v) is 10.0. The minimum absolute atomic E-state index is 0.0369. The minimum atomic E-state index is -0.651. The lowest BCUT2D eigenvalue weighted by Gasteiger charge is -2.49. The molecule has 1 aliphatic heterocycles. The SMILES string of the molecule is CC=CC(C)C1OC(c2cccc(CC)c2)C(c2ccc(Cl)cc2)N(C(CC)CN(SC2CC2)c2ccccc2F)C1=O. The molecule has 2 fully saturated rings. The number of carbonyl (C=O) groups excluding carboxylic acids is 1. The summed E-state index contributed by atoms with van der Waals surface area (Å²) in [6.07, 6.45) is 6.83. The van der Waals surface area contributed by atoms with Gasteiger partial charge in [0, 0.05) is 16.2 Å². The molecule has 4 nitrogen and oxygen atoms in total. The number of para-hydroxylation sites is 1. The van der Waals surface area contributed by atoms with Gasteiger partial charge in [-0.25, -0.2) is 4.39 Å². The first-order chi connectivity index (χ1) is 20.8. The molecule has 0 bridgehead atoms. The highest BCUT2D eigenvalue weighted by Crippen LogP contribution is 2.46. The number of rotatable bonds is 12. The van der Waals surface area contributed by atoms with Gasteiger partial charge in [0.1, 0.15) is 18.0 Å². The maximum atomic E-state index is 15.2. The molecule has 0 radical (unpaired) electrons. The van der Waals surface area contributed by atoms with Gasteiger partial charge in [0.15, 0.2) is 0 Å². The van der Waals surface area contributed by atoms with Crippen molar-refractivity contribution in [2.24, 2.45) is 5.92 Å². The van der Waals surface area contributed by atoms with Crippen molar-refractivity contribution >= 4 is 35.1 Å².